The summed E-state index contributed by atoms with van der Waals surface area (Å²) >= 11 is 0. The lowest BCUT2D eigenvalue weighted by Gasteiger charge is -2.32. The number of aromatic nitrogens is 1. The van der Waals surface area contributed by atoms with Gasteiger partial charge >= 0.3 is 0 Å². The minimum Gasteiger partial charge on any atom is -0.328 e. The molecule has 0 amide bonds. The number of anilines is 2. The molecular weight excluding hydrogens is 258 g/mol. The van der Waals surface area contributed by atoms with E-state index in [-0.39, 0.29) is 6.04 Å². The van der Waals surface area contributed by atoms with Crippen LogP contribution in [0.5, 0.6) is 0 Å². The van der Waals surface area contributed by atoms with Gasteiger partial charge in [-0.2, -0.15) is 0 Å². The van der Waals surface area contributed by atoms with Crippen LogP contribution in [0.3, 0.4) is 0 Å². The number of nitrogens with zero attached hydrogens (tertiary/aromatic N) is 2. The van der Waals surface area contributed by atoms with E-state index in [1.807, 2.05) is 19.2 Å². The SMILES string of the molecule is Cc1ccc2c(c1)CCCN2c1ncccc1CC(C)N. The van der Waals surface area contributed by atoms with Crippen LogP contribution in [0.4, 0.5) is 11.5 Å². The minimum absolute atomic E-state index is 0.148. The Kier molecular flexibility index (Phi) is 3.93. The molecule has 2 N–H and O–H groups in total. The first-order valence-corrected chi connectivity index (χ1v) is 7.71. The summed E-state index contributed by atoms with van der Waals surface area (Å²) in [4.78, 5) is 7.00. The molecule has 0 spiro atoms. The highest BCUT2D eigenvalue weighted by Gasteiger charge is 2.21. The summed E-state index contributed by atoms with van der Waals surface area (Å²) in [6.07, 6.45) is 5.07. The number of nitrogens with two attached hydrogens (primary N) is 1. The number of fused-ring (bicyclic) bond motifs is 1. The van der Waals surface area contributed by atoms with Gasteiger partial charge in [0, 0.05) is 24.5 Å². The third kappa shape index (κ3) is 2.93. The third-order valence-electron chi connectivity index (χ3n) is 4.02. The van der Waals surface area contributed by atoms with Crippen LogP contribution in [0, 0.1) is 6.92 Å². The average molecular weight is 281 g/mol. The predicted molar refractivity (Wildman–Crippen MR) is 88.1 cm³/mol. The van der Waals surface area contributed by atoms with Crippen molar-refractivity contribution in [1.29, 1.82) is 0 Å². The quantitative estimate of drug-likeness (QED) is 0.938. The largest absolute Gasteiger partial charge is 0.328 e. The van der Waals surface area contributed by atoms with E-state index < -0.39 is 0 Å². The Balaban J connectivity index is 2.03. The van der Waals surface area contributed by atoms with Gasteiger partial charge in [0.2, 0.25) is 0 Å². The summed E-state index contributed by atoms with van der Waals surface area (Å²) in [6, 6.07) is 11.0. The summed E-state index contributed by atoms with van der Waals surface area (Å²) in [5, 5.41) is 0. The molecule has 0 aliphatic carbocycles. The van der Waals surface area contributed by atoms with Gasteiger partial charge in [0.1, 0.15) is 5.82 Å². The van der Waals surface area contributed by atoms with Crippen LogP contribution in [-0.4, -0.2) is 17.6 Å². The maximum absolute atomic E-state index is 5.99. The van der Waals surface area contributed by atoms with E-state index >= 15 is 0 Å². The monoisotopic (exact) mass is 281 g/mol. The molecule has 110 valence electrons. The predicted octanol–water partition coefficient (Wildman–Crippen LogP) is 3.36. The van der Waals surface area contributed by atoms with Crippen molar-refractivity contribution in [3.05, 3.63) is 53.2 Å². The molecule has 0 saturated carbocycles. The molecular formula is C18H23N3. The van der Waals surface area contributed by atoms with Crippen LogP contribution in [0.25, 0.3) is 0 Å². The first-order chi connectivity index (χ1) is 10.1. The highest BCUT2D eigenvalue weighted by molar-refractivity contribution is 5.68. The first-order valence-electron chi connectivity index (χ1n) is 7.71. The van der Waals surface area contributed by atoms with Crippen LogP contribution < -0.4 is 10.6 Å². The van der Waals surface area contributed by atoms with E-state index in [9.17, 15) is 0 Å². The van der Waals surface area contributed by atoms with Crippen molar-refractivity contribution in [3.63, 3.8) is 0 Å². The molecule has 0 radical (unpaired) electrons. The van der Waals surface area contributed by atoms with Crippen molar-refractivity contribution < 1.29 is 0 Å². The standard InChI is InChI=1S/C18H23N3/c1-13-7-8-17-15(11-13)6-4-10-21(17)18-16(12-14(2)19)5-3-9-20-18/h3,5,7-9,11,14H,4,6,10,12,19H2,1-2H3. The molecule has 2 heterocycles. The topological polar surface area (TPSA) is 42.2 Å². The summed E-state index contributed by atoms with van der Waals surface area (Å²) < 4.78 is 0. The Labute approximate surface area is 126 Å². The Morgan fingerprint density at radius 1 is 1.33 bits per heavy atom. The van der Waals surface area contributed by atoms with Gasteiger partial charge in [-0.3, -0.25) is 0 Å². The van der Waals surface area contributed by atoms with Crippen molar-refractivity contribution in [3.8, 4) is 0 Å². The molecule has 3 rings (SSSR count). The fourth-order valence-corrected chi connectivity index (χ4v) is 3.13. The number of hydrogen-bond acceptors (Lipinski definition) is 3. The summed E-state index contributed by atoms with van der Waals surface area (Å²) in [5.74, 6) is 1.07. The maximum Gasteiger partial charge on any atom is 0.136 e. The van der Waals surface area contributed by atoms with Gasteiger partial charge in [0.15, 0.2) is 0 Å². The lowest BCUT2D eigenvalue weighted by Crippen LogP contribution is -2.27. The highest BCUT2D eigenvalue weighted by Crippen LogP contribution is 2.34. The van der Waals surface area contributed by atoms with Crippen LogP contribution >= 0.6 is 0 Å². The summed E-state index contributed by atoms with van der Waals surface area (Å²) in [7, 11) is 0. The van der Waals surface area contributed by atoms with Crippen LogP contribution in [0.1, 0.15) is 30.0 Å². The van der Waals surface area contributed by atoms with Gasteiger partial charge in [-0.15, -0.1) is 0 Å². The Bertz CT molecular complexity index is 634. The Hall–Kier alpha value is -1.87. The molecule has 0 fully saturated rings. The lowest BCUT2D eigenvalue weighted by molar-refractivity contribution is 0.720. The van der Waals surface area contributed by atoms with Gasteiger partial charge in [0.25, 0.3) is 0 Å². The highest BCUT2D eigenvalue weighted by atomic mass is 15.2. The average Bonchev–Trinajstić information content (AvgIpc) is 2.46. The van der Waals surface area contributed by atoms with Gasteiger partial charge in [0.05, 0.1) is 0 Å². The lowest BCUT2D eigenvalue weighted by atomic mass is 9.98. The minimum atomic E-state index is 0.148. The summed E-state index contributed by atoms with van der Waals surface area (Å²) in [6.45, 7) is 5.23. The molecule has 1 atom stereocenters. The molecule has 2 aromatic rings. The second kappa shape index (κ2) is 5.86. The van der Waals surface area contributed by atoms with E-state index in [0.717, 1.165) is 25.2 Å². The van der Waals surface area contributed by atoms with Crippen molar-refractivity contribution >= 4 is 11.5 Å². The number of pyridine rings is 1. The molecule has 1 aliphatic heterocycles. The van der Waals surface area contributed by atoms with E-state index in [4.69, 9.17) is 5.73 Å². The Morgan fingerprint density at radius 2 is 2.19 bits per heavy atom. The van der Waals surface area contributed by atoms with Crippen LogP contribution in [-0.2, 0) is 12.8 Å². The zero-order valence-electron chi connectivity index (χ0n) is 12.8. The van der Waals surface area contributed by atoms with Gasteiger partial charge in [-0.25, -0.2) is 4.98 Å². The van der Waals surface area contributed by atoms with E-state index in [1.54, 1.807) is 0 Å². The summed E-state index contributed by atoms with van der Waals surface area (Å²) in [5.41, 5.74) is 11.3. The zero-order valence-corrected chi connectivity index (χ0v) is 12.8. The van der Waals surface area contributed by atoms with Crippen LogP contribution in [0.2, 0.25) is 0 Å². The molecule has 0 saturated heterocycles. The number of aryl methyl sites for hydroxylation is 2. The normalized spacial score (nSPS) is 15.7. The third-order valence-corrected chi connectivity index (χ3v) is 4.02. The van der Waals surface area contributed by atoms with Gasteiger partial charge < -0.3 is 10.6 Å². The molecule has 1 unspecified atom stereocenters. The van der Waals surface area contributed by atoms with Crippen molar-refractivity contribution in [1.82, 2.24) is 4.98 Å². The second-order valence-electron chi connectivity index (χ2n) is 6.05. The number of rotatable bonds is 3. The number of hydrogen-bond donors (Lipinski definition) is 1. The first kappa shape index (κ1) is 14.1. The van der Waals surface area contributed by atoms with E-state index in [0.29, 0.717) is 0 Å². The Morgan fingerprint density at radius 3 is 3.00 bits per heavy atom. The van der Waals surface area contributed by atoms with E-state index in [2.05, 4.69) is 41.1 Å². The van der Waals surface area contributed by atoms with Crippen molar-refractivity contribution in [2.24, 2.45) is 5.73 Å². The number of benzene rings is 1. The molecule has 3 nitrogen and oxygen atoms in total. The molecule has 3 heteroatoms. The molecule has 21 heavy (non-hydrogen) atoms. The smallest absolute Gasteiger partial charge is 0.136 e. The second-order valence-corrected chi connectivity index (χ2v) is 6.05. The fourth-order valence-electron chi connectivity index (χ4n) is 3.13. The van der Waals surface area contributed by atoms with Crippen molar-refractivity contribution in [2.45, 2.75) is 39.2 Å². The van der Waals surface area contributed by atoms with Crippen molar-refractivity contribution in [2.75, 3.05) is 11.4 Å². The molecule has 1 aliphatic rings. The molecule has 1 aromatic heterocycles. The maximum atomic E-state index is 5.99. The van der Waals surface area contributed by atoms with Gasteiger partial charge in [-0.1, -0.05) is 23.8 Å². The van der Waals surface area contributed by atoms with E-state index in [1.165, 1.54) is 28.8 Å². The van der Waals surface area contributed by atoms with Gasteiger partial charge in [-0.05, 0) is 56.4 Å². The molecule has 0 bridgehead atoms. The van der Waals surface area contributed by atoms with Crippen LogP contribution in [0.15, 0.2) is 36.5 Å². The fraction of sp³-hybridized carbons (Fsp3) is 0.389. The zero-order chi connectivity index (χ0) is 14.8. The molecule has 1 aromatic carbocycles.